The van der Waals surface area contributed by atoms with Gasteiger partial charge in [0.2, 0.25) is 6.39 Å². The molecule has 1 aromatic carbocycles. The zero-order valence-electron chi connectivity index (χ0n) is 8.46. The van der Waals surface area contributed by atoms with Gasteiger partial charge in [0.05, 0.1) is 17.5 Å². The molecule has 8 heteroatoms. The second-order valence-electron chi connectivity index (χ2n) is 3.16. The summed E-state index contributed by atoms with van der Waals surface area (Å²) in [6.45, 7) is 0.192. The molecule has 1 N–H and O–H groups in total. The van der Waals surface area contributed by atoms with Crippen molar-refractivity contribution in [3.63, 3.8) is 0 Å². The SMILES string of the molecule is O=[N+]([O-])c1cc(F)cc(NCc2ncon2)c1. The van der Waals surface area contributed by atoms with E-state index >= 15 is 0 Å². The van der Waals surface area contributed by atoms with Crippen molar-refractivity contribution in [2.75, 3.05) is 5.32 Å². The van der Waals surface area contributed by atoms with E-state index < -0.39 is 10.7 Å². The van der Waals surface area contributed by atoms with Crippen LogP contribution in [0.25, 0.3) is 0 Å². The van der Waals surface area contributed by atoms with Crippen molar-refractivity contribution >= 4 is 11.4 Å². The highest BCUT2D eigenvalue weighted by molar-refractivity contribution is 5.51. The van der Waals surface area contributed by atoms with Crippen molar-refractivity contribution in [1.82, 2.24) is 10.1 Å². The van der Waals surface area contributed by atoms with Crippen LogP contribution in [-0.2, 0) is 6.54 Å². The van der Waals surface area contributed by atoms with E-state index in [0.29, 0.717) is 5.82 Å². The molecule has 1 heterocycles. The summed E-state index contributed by atoms with van der Waals surface area (Å²) in [7, 11) is 0. The Kier molecular flexibility index (Phi) is 2.95. The average molecular weight is 238 g/mol. The van der Waals surface area contributed by atoms with Crippen LogP contribution in [0.3, 0.4) is 0 Å². The zero-order valence-corrected chi connectivity index (χ0v) is 8.46. The lowest BCUT2D eigenvalue weighted by atomic mass is 10.2. The lowest BCUT2D eigenvalue weighted by Crippen LogP contribution is -2.02. The van der Waals surface area contributed by atoms with Gasteiger partial charge in [-0.15, -0.1) is 0 Å². The number of nitro groups is 1. The smallest absolute Gasteiger partial charge is 0.274 e. The molecule has 0 radical (unpaired) electrons. The summed E-state index contributed by atoms with van der Waals surface area (Å²) in [6, 6.07) is 3.22. The number of nitro benzene ring substituents is 1. The number of hydrogen-bond acceptors (Lipinski definition) is 6. The van der Waals surface area contributed by atoms with E-state index in [2.05, 4.69) is 20.0 Å². The van der Waals surface area contributed by atoms with Crippen LogP contribution in [0.4, 0.5) is 15.8 Å². The first kappa shape index (κ1) is 11.0. The Hall–Kier alpha value is -2.51. The maximum Gasteiger partial charge on any atom is 0.274 e. The van der Waals surface area contributed by atoms with E-state index in [4.69, 9.17) is 0 Å². The molecule has 0 aliphatic rings. The molecule has 0 aliphatic heterocycles. The second kappa shape index (κ2) is 4.56. The number of nitrogens with one attached hydrogen (secondary N) is 1. The first-order chi connectivity index (χ1) is 8.15. The van der Waals surface area contributed by atoms with Crippen molar-refractivity contribution in [3.05, 3.63) is 46.3 Å². The summed E-state index contributed by atoms with van der Waals surface area (Å²) in [5, 5.41) is 16.8. The standard InChI is InChI=1S/C9H7FN4O3/c10-6-1-7(3-8(2-6)14(15)16)11-4-9-12-5-17-13-9/h1-3,5,11H,4H2. The van der Waals surface area contributed by atoms with Crippen molar-refractivity contribution in [3.8, 4) is 0 Å². The third-order valence-electron chi connectivity index (χ3n) is 1.95. The van der Waals surface area contributed by atoms with E-state index in [1.807, 2.05) is 0 Å². The molecular weight excluding hydrogens is 231 g/mol. The van der Waals surface area contributed by atoms with Crippen LogP contribution in [0.1, 0.15) is 5.82 Å². The van der Waals surface area contributed by atoms with Gasteiger partial charge in [-0.2, -0.15) is 4.98 Å². The Morgan fingerprint density at radius 3 is 2.94 bits per heavy atom. The van der Waals surface area contributed by atoms with Crippen LogP contribution in [0.15, 0.2) is 29.1 Å². The molecule has 0 atom stereocenters. The number of non-ortho nitro benzene ring substituents is 1. The fraction of sp³-hybridized carbons (Fsp3) is 0.111. The molecule has 0 bridgehead atoms. The molecule has 17 heavy (non-hydrogen) atoms. The van der Waals surface area contributed by atoms with Gasteiger partial charge < -0.3 is 9.84 Å². The number of hydrogen-bond donors (Lipinski definition) is 1. The molecule has 2 aromatic rings. The van der Waals surface area contributed by atoms with Crippen LogP contribution in [-0.4, -0.2) is 15.1 Å². The van der Waals surface area contributed by atoms with Crippen LogP contribution >= 0.6 is 0 Å². The van der Waals surface area contributed by atoms with E-state index in [-0.39, 0.29) is 17.9 Å². The number of rotatable bonds is 4. The van der Waals surface area contributed by atoms with Crippen LogP contribution in [0, 0.1) is 15.9 Å². The molecule has 7 nitrogen and oxygen atoms in total. The lowest BCUT2D eigenvalue weighted by Gasteiger charge is -2.03. The molecule has 0 amide bonds. The molecule has 0 fully saturated rings. The molecule has 0 aliphatic carbocycles. The Morgan fingerprint density at radius 2 is 2.29 bits per heavy atom. The fourth-order valence-electron chi connectivity index (χ4n) is 1.23. The normalized spacial score (nSPS) is 10.2. The van der Waals surface area contributed by atoms with Crippen molar-refractivity contribution in [1.29, 1.82) is 0 Å². The number of benzene rings is 1. The lowest BCUT2D eigenvalue weighted by molar-refractivity contribution is -0.385. The molecule has 0 spiro atoms. The van der Waals surface area contributed by atoms with Gasteiger partial charge in [-0.25, -0.2) is 4.39 Å². The third kappa shape index (κ3) is 2.74. The van der Waals surface area contributed by atoms with Gasteiger partial charge in [0.15, 0.2) is 5.82 Å². The number of nitrogens with zero attached hydrogens (tertiary/aromatic N) is 3. The summed E-state index contributed by atoms with van der Waals surface area (Å²) < 4.78 is 17.6. The van der Waals surface area contributed by atoms with Crippen molar-refractivity contribution < 1.29 is 13.8 Å². The average Bonchev–Trinajstić information content (AvgIpc) is 2.78. The summed E-state index contributed by atoms with van der Waals surface area (Å²) in [4.78, 5) is 13.6. The first-order valence-electron chi connectivity index (χ1n) is 4.59. The first-order valence-corrected chi connectivity index (χ1v) is 4.59. The van der Waals surface area contributed by atoms with Crippen molar-refractivity contribution in [2.24, 2.45) is 0 Å². The quantitative estimate of drug-likeness (QED) is 0.643. The Bertz CT molecular complexity index is 529. The molecule has 0 saturated carbocycles. The van der Waals surface area contributed by atoms with Gasteiger partial charge in [0.1, 0.15) is 5.82 Å². The number of halogens is 1. The largest absolute Gasteiger partial charge is 0.377 e. The predicted octanol–water partition coefficient (Wildman–Crippen LogP) is 1.73. The monoisotopic (exact) mass is 238 g/mol. The van der Waals surface area contributed by atoms with Crippen LogP contribution in [0.5, 0.6) is 0 Å². The fourth-order valence-corrected chi connectivity index (χ4v) is 1.23. The Morgan fingerprint density at radius 1 is 1.47 bits per heavy atom. The van der Waals surface area contributed by atoms with E-state index in [1.165, 1.54) is 6.07 Å². The topological polar surface area (TPSA) is 94.1 Å². The Labute approximate surface area is 94.4 Å². The minimum Gasteiger partial charge on any atom is -0.377 e. The highest BCUT2D eigenvalue weighted by atomic mass is 19.1. The third-order valence-corrected chi connectivity index (χ3v) is 1.95. The van der Waals surface area contributed by atoms with E-state index in [0.717, 1.165) is 18.5 Å². The zero-order chi connectivity index (χ0) is 12.3. The second-order valence-corrected chi connectivity index (χ2v) is 3.16. The summed E-state index contributed by atoms with van der Waals surface area (Å²) in [5.74, 6) is -0.313. The summed E-state index contributed by atoms with van der Waals surface area (Å²) >= 11 is 0. The molecule has 2 rings (SSSR count). The van der Waals surface area contributed by atoms with Crippen LogP contribution < -0.4 is 5.32 Å². The van der Waals surface area contributed by atoms with E-state index in [1.54, 1.807) is 0 Å². The highest BCUT2D eigenvalue weighted by Gasteiger charge is 2.10. The summed E-state index contributed by atoms with van der Waals surface area (Å²) in [6.07, 6.45) is 1.16. The molecule has 1 aromatic heterocycles. The highest BCUT2D eigenvalue weighted by Crippen LogP contribution is 2.20. The minimum atomic E-state index is -0.685. The molecule has 88 valence electrons. The van der Waals surface area contributed by atoms with Crippen molar-refractivity contribution in [2.45, 2.75) is 6.54 Å². The molecule has 0 saturated heterocycles. The minimum absolute atomic E-state index is 0.192. The van der Waals surface area contributed by atoms with Gasteiger partial charge in [-0.3, -0.25) is 10.1 Å². The van der Waals surface area contributed by atoms with Gasteiger partial charge in [-0.1, -0.05) is 5.16 Å². The van der Waals surface area contributed by atoms with Crippen LogP contribution in [0.2, 0.25) is 0 Å². The predicted molar refractivity (Wildman–Crippen MR) is 54.7 cm³/mol. The molecule has 0 unspecified atom stereocenters. The Balaban J connectivity index is 2.13. The maximum atomic E-state index is 13.1. The van der Waals surface area contributed by atoms with Gasteiger partial charge in [0, 0.05) is 11.8 Å². The maximum absolute atomic E-state index is 13.1. The van der Waals surface area contributed by atoms with Gasteiger partial charge in [-0.05, 0) is 6.07 Å². The van der Waals surface area contributed by atoms with Gasteiger partial charge >= 0.3 is 0 Å². The van der Waals surface area contributed by atoms with Gasteiger partial charge in [0.25, 0.3) is 5.69 Å². The summed E-state index contributed by atoms with van der Waals surface area (Å²) in [5.41, 5.74) is -0.0397. The number of anilines is 1. The number of aromatic nitrogens is 2. The van der Waals surface area contributed by atoms with E-state index in [9.17, 15) is 14.5 Å². The molecular formula is C9H7FN4O3.